The zero-order valence-corrected chi connectivity index (χ0v) is 12.7. The molecule has 0 amide bonds. The van der Waals surface area contributed by atoms with Crippen LogP contribution in [0.25, 0.3) is 0 Å². The highest BCUT2D eigenvalue weighted by atomic mass is 31.1. The average molecular weight is 282 g/mol. The van der Waals surface area contributed by atoms with Crippen molar-refractivity contribution in [2.75, 3.05) is 0 Å². The fraction of sp³-hybridized carbons (Fsp3) is 0.294. The predicted octanol–water partition coefficient (Wildman–Crippen LogP) is 3.65. The Morgan fingerprint density at radius 3 is 1.60 bits per heavy atom. The summed E-state index contributed by atoms with van der Waals surface area (Å²) in [5.74, 6) is -0.206. The SMILES string of the molecule is BC(O)P1[C@H](c2ccccc2)CC[C@H]1c1ccccc1. The second kappa shape index (κ2) is 6.12. The van der Waals surface area contributed by atoms with Crippen molar-refractivity contribution in [1.82, 2.24) is 0 Å². The quantitative estimate of drug-likeness (QED) is 0.673. The van der Waals surface area contributed by atoms with E-state index >= 15 is 0 Å². The Labute approximate surface area is 123 Å². The van der Waals surface area contributed by atoms with Crippen molar-refractivity contribution in [2.45, 2.75) is 29.9 Å². The maximum Gasteiger partial charge on any atom is 0.144 e. The van der Waals surface area contributed by atoms with Crippen molar-refractivity contribution >= 4 is 15.8 Å². The van der Waals surface area contributed by atoms with Crippen LogP contribution in [0.2, 0.25) is 0 Å². The Balaban J connectivity index is 1.92. The minimum absolute atomic E-state index is 0.206. The van der Waals surface area contributed by atoms with Gasteiger partial charge in [0.15, 0.2) is 0 Å². The van der Waals surface area contributed by atoms with E-state index in [2.05, 4.69) is 60.7 Å². The molecule has 1 aliphatic rings. The number of rotatable bonds is 3. The lowest BCUT2D eigenvalue weighted by atomic mass is 10.0. The molecule has 1 N–H and O–H groups in total. The molecule has 1 fully saturated rings. The monoisotopic (exact) mass is 282 g/mol. The van der Waals surface area contributed by atoms with E-state index in [4.69, 9.17) is 0 Å². The first-order chi connectivity index (χ1) is 9.77. The molecular weight excluding hydrogens is 262 g/mol. The minimum Gasteiger partial charge on any atom is -0.398 e. The minimum atomic E-state index is -0.428. The highest BCUT2D eigenvalue weighted by molar-refractivity contribution is 7.60. The molecule has 3 heteroatoms. The number of hydrogen-bond acceptors (Lipinski definition) is 1. The van der Waals surface area contributed by atoms with Gasteiger partial charge in [-0.3, -0.25) is 0 Å². The fourth-order valence-corrected chi connectivity index (χ4v) is 6.78. The number of aliphatic hydroxyl groups is 1. The van der Waals surface area contributed by atoms with Gasteiger partial charge in [0, 0.05) is 17.1 Å². The Morgan fingerprint density at radius 1 is 0.850 bits per heavy atom. The van der Waals surface area contributed by atoms with E-state index in [1.165, 1.54) is 24.0 Å². The van der Waals surface area contributed by atoms with Gasteiger partial charge in [0.25, 0.3) is 0 Å². The smallest absolute Gasteiger partial charge is 0.144 e. The highest BCUT2D eigenvalue weighted by Crippen LogP contribution is 2.71. The summed E-state index contributed by atoms with van der Waals surface area (Å²) in [6.07, 6.45) is 2.39. The second-order valence-corrected chi connectivity index (χ2v) is 8.40. The Hall–Kier alpha value is -1.11. The Morgan fingerprint density at radius 2 is 1.25 bits per heavy atom. The van der Waals surface area contributed by atoms with E-state index in [9.17, 15) is 5.11 Å². The molecule has 0 aromatic heterocycles. The van der Waals surface area contributed by atoms with Gasteiger partial charge < -0.3 is 5.11 Å². The molecule has 3 atom stereocenters. The second-order valence-electron chi connectivity index (χ2n) is 5.51. The van der Waals surface area contributed by atoms with Crippen LogP contribution in [0.5, 0.6) is 0 Å². The summed E-state index contributed by atoms with van der Waals surface area (Å²) < 4.78 is 0. The summed E-state index contributed by atoms with van der Waals surface area (Å²) >= 11 is 0. The van der Waals surface area contributed by atoms with Crippen LogP contribution in [0.15, 0.2) is 60.7 Å². The molecule has 0 spiro atoms. The van der Waals surface area contributed by atoms with Crippen molar-refractivity contribution in [3.63, 3.8) is 0 Å². The summed E-state index contributed by atoms with van der Waals surface area (Å²) in [4.78, 5) is 0. The summed E-state index contributed by atoms with van der Waals surface area (Å²) in [5.41, 5.74) is 3.88. The van der Waals surface area contributed by atoms with Gasteiger partial charge in [-0.2, -0.15) is 0 Å². The summed E-state index contributed by atoms with van der Waals surface area (Å²) in [5, 5.41) is 10.3. The van der Waals surface area contributed by atoms with Gasteiger partial charge in [0.05, 0.1) is 0 Å². The number of hydrogen-bond donors (Lipinski definition) is 1. The lowest BCUT2D eigenvalue weighted by Gasteiger charge is -2.29. The average Bonchev–Trinajstić information content (AvgIpc) is 2.94. The van der Waals surface area contributed by atoms with Crippen LogP contribution in [-0.4, -0.2) is 18.7 Å². The molecule has 0 aliphatic carbocycles. The third-order valence-electron chi connectivity index (χ3n) is 4.23. The lowest BCUT2D eigenvalue weighted by molar-refractivity contribution is 0.331. The molecule has 3 rings (SSSR count). The van der Waals surface area contributed by atoms with Crippen molar-refractivity contribution in [3.05, 3.63) is 71.8 Å². The molecule has 0 saturated carbocycles. The van der Waals surface area contributed by atoms with E-state index in [0.29, 0.717) is 11.3 Å². The van der Waals surface area contributed by atoms with Crippen LogP contribution in [0.3, 0.4) is 0 Å². The first-order valence-electron chi connectivity index (χ1n) is 7.33. The van der Waals surface area contributed by atoms with E-state index < -0.39 is 7.92 Å². The molecular formula is C17H20BOP. The molecule has 1 nitrogen and oxygen atoms in total. The molecule has 102 valence electrons. The van der Waals surface area contributed by atoms with Gasteiger partial charge in [0.2, 0.25) is 0 Å². The third kappa shape index (κ3) is 2.68. The molecule has 0 radical (unpaired) electrons. The van der Waals surface area contributed by atoms with Crippen LogP contribution >= 0.6 is 7.92 Å². The fourth-order valence-electron chi connectivity index (χ4n) is 3.38. The summed E-state index contributed by atoms with van der Waals surface area (Å²) in [6.45, 7) is 0. The standard InChI is InChI=1S/C17H20BOP/c18-17(19)20-15(13-7-3-1-4-8-13)11-12-16(20)14-9-5-2-6-10-14/h1-10,15-17,19H,11-12,18H2/t15-,16-,17?/m0/s1. The molecule has 1 heterocycles. The lowest BCUT2D eigenvalue weighted by Crippen LogP contribution is -2.09. The first-order valence-corrected chi connectivity index (χ1v) is 8.87. The topological polar surface area (TPSA) is 20.2 Å². The van der Waals surface area contributed by atoms with E-state index in [0.717, 1.165) is 0 Å². The van der Waals surface area contributed by atoms with Crippen molar-refractivity contribution in [1.29, 1.82) is 0 Å². The molecule has 1 aliphatic heterocycles. The Kier molecular flexibility index (Phi) is 4.24. The van der Waals surface area contributed by atoms with Gasteiger partial charge in [-0.25, -0.2) is 0 Å². The van der Waals surface area contributed by atoms with Gasteiger partial charge >= 0.3 is 0 Å². The maximum absolute atomic E-state index is 10.3. The van der Waals surface area contributed by atoms with Gasteiger partial charge in [0.1, 0.15) is 7.85 Å². The Bertz CT molecular complexity index is 496. The van der Waals surface area contributed by atoms with E-state index in [1.54, 1.807) is 0 Å². The summed E-state index contributed by atoms with van der Waals surface area (Å²) in [6, 6.07) is 21.5. The largest absolute Gasteiger partial charge is 0.398 e. The predicted molar refractivity (Wildman–Crippen MR) is 89.1 cm³/mol. The zero-order chi connectivity index (χ0) is 13.9. The van der Waals surface area contributed by atoms with Crippen molar-refractivity contribution < 1.29 is 5.11 Å². The molecule has 20 heavy (non-hydrogen) atoms. The van der Waals surface area contributed by atoms with Gasteiger partial charge in [-0.1, -0.05) is 68.6 Å². The van der Waals surface area contributed by atoms with Crippen LogP contribution in [0, 0.1) is 0 Å². The van der Waals surface area contributed by atoms with Crippen LogP contribution in [0.4, 0.5) is 0 Å². The maximum atomic E-state index is 10.3. The molecule has 2 aromatic carbocycles. The molecule has 2 aromatic rings. The number of aliphatic hydroxyl groups excluding tert-OH is 1. The van der Waals surface area contributed by atoms with E-state index in [-0.39, 0.29) is 5.74 Å². The normalized spacial score (nSPS) is 24.6. The van der Waals surface area contributed by atoms with Crippen LogP contribution in [-0.2, 0) is 0 Å². The first kappa shape index (κ1) is 13.9. The zero-order valence-electron chi connectivity index (χ0n) is 11.8. The molecule has 1 saturated heterocycles. The highest BCUT2D eigenvalue weighted by Gasteiger charge is 2.39. The van der Waals surface area contributed by atoms with Gasteiger partial charge in [-0.05, 0) is 24.0 Å². The van der Waals surface area contributed by atoms with Crippen LogP contribution in [0.1, 0.15) is 35.3 Å². The van der Waals surface area contributed by atoms with Crippen molar-refractivity contribution in [2.24, 2.45) is 0 Å². The number of benzene rings is 2. The van der Waals surface area contributed by atoms with E-state index in [1.807, 2.05) is 7.85 Å². The van der Waals surface area contributed by atoms with Gasteiger partial charge in [-0.15, -0.1) is 0 Å². The third-order valence-corrected chi connectivity index (χ3v) is 7.65. The van der Waals surface area contributed by atoms with Crippen LogP contribution < -0.4 is 0 Å². The molecule has 0 bridgehead atoms. The van der Waals surface area contributed by atoms with Crippen molar-refractivity contribution in [3.8, 4) is 0 Å². The summed E-state index contributed by atoms with van der Waals surface area (Å²) in [7, 11) is 1.55. The molecule has 1 unspecified atom stereocenters.